The Kier molecular flexibility index (Phi) is 1.55. The third-order valence-electron chi connectivity index (χ3n) is 1.82. The van der Waals surface area contributed by atoms with E-state index in [-0.39, 0.29) is 11.1 Å². The number of H-pyrrole nitrogens is 1. The van der Waals surface area contributed by atoms with Crippen LogP contribution >= 0.6 is 0 Å². The fourth-order valence-corrected chi connectivity index (χ4v) is 1.18. The lowest BCUT2D eigenvalue weighted by Crippen LogP contribution is -2.02. The molecule has 0 bridgehead atoms. The highest BCUT2D eigenvalue weighted by Crippen LogP contribution is 2.23. The van der Waals surface area contributed by atoms with Crippen molar-refractivity contribution < 1.29 is 9.50 Å². The fourth-order valence-electron chi connectivity index (χ4n) is 1.18. The average Bonchev–Trinajstić information content (AvgIpc) is 2.12. The van der Waals surface area contributed by atoms with E-state index in [4.69, 9.17) is 0 Å². The molecule has 0 atom stereocenters. The molecule has 1 aromatic heterocycles. The second-order valence-corrected chi connectivity index (χ2v) is 2.68. The van der Waals surface area contributed by atoms with Gasteiger partial charge < -0.3 is 10.1 Å². The Balaban J connectivity index is 2.97. The van der Waals surface area contributed by atoms with E-state index in [9.17, 15) is 14.3 Å². The van der Waals surface area contributed by atoms with Crippen molar-refractivity contribution in [1.82, 2.24) is 4.98 Å². The van der Waals surface area contributed by atoms with Gasteiger partial charge in [-0.1, -0.05) is 0 Å². The summed E-state index contributed by atoms with van der Waals surface area (Å²) >= 11 is 0. The fraction of sp³-hybridized carbons (Fsp3) is 0. The Labute approximate surface area is 72.5 Å². The van der Waals surface area contributed by atoms with Crippen LogP contribution in [0.25, 0.3) is 10.9 Å². The van der Waals surface area contributed by atoms with E-state index < -0.39 is 11.6 Å². The number of pyridine rings is 1. The Morgan fingerprint density at radius 1 is 1.23 bits per heavy atom. The first-order chi connectivity index (χ1) is 6.18. The van der Waals surface area contributed by atoms with Crippen LogP contribution in [0, 0.1) is 5.82 Å². The second-order valence-electron chi connectivity index (χ2n) is 2.68. The normalized spacial score (nSPS) is 10.5. The quantitative estimate of drug-likeness (QED) is 0.641. The lowest BCUT2D eigenvalue weighted by atomic mass is 10.2. The van der Waals surface area contributed by atoms with Crippen molar-refractivity contribution in [3.63, 3.8) is 0 Å². The minimum absolute atomic E-state index is 0.132. The number of aromatic amines is 1. The summed E-state index contributed by atoms with van der Waals surface area (Å²) in [5.41, 5.74) is -0.235. The highest BCUT2D eigenvalue weighted by atomic mass is 19.1. The number of aromatic nitrogens is 1. The van der Waals surface area contributed by atoms with Crippen molar-refractivity contribution in [1.29, 1.82) is 0 Å². The van der Waals surface area contributed by atoms with Gasteiger partial charge >= 0.3 is 0 Å². The largest absolute Gasteiger partial charge is 0.503 e. The number of fused-ring (bicyclic) bond motifs is 1. The van der Waals surface area contributed by atoms with Crippen LogP contribution in [0.2, 0.25) is 0 Å². The number of phenols is 1. The molecule has 0 aliphatic carbocycles. The van der Waals surface area contributed by atoms with Gasteiger partial charge in [0.2, 0.25) is 5.56 Å². The number of halogens is 1. The molecule has 0 radical (unpaired) electrons. The van der Waals surface area contributed by atoms with E-state index in [1.807, 2.05) is 0 Å². The zero-order valence-corrected chi connectivity index (χ0v) is 6.54. The van der Waals surface area contributed by atoms with E-state index in [1.165, 1.54) is 18.2 Å². The number of aromatic hydroxyl groups is 1. The maximum Gasteiger partial charge on any atom is 0.248 e. The molecule has 0 unspecified atom stereocenters. The van der Waals surface area contributed by atoms with Crippen molar-refractivity contribution in [2.75, 3.05) is 0 Å². The Morgan fingerprint density at radius 3 is 2.69 bits per heavy atom. The summed E-state index contributed by atoms with van der Waals surface area (Å²) in [7, 11) is 0. The Hall–Kier alpha value is -1.84. The molecule has 0 saturated heterocycles. The SMILES string of the molecule is O=c1ccc2ccc(F)c(O)c2[nH]1. The predicted molar refractivity (Wildman–Crippen MR) is 46.2 cm³/mol. The average molecular weight is 179 g/mol. The smallest absolute Gasteiger partial charge is 0.248 e. The molecule has 0 spiro atoms. The van der Waals surface area contributed by atoms with Crippen LogP contribution in [0.4, 0.5) is 4.39 Å². The second kappa shape index (κ2) is 2.58. The Morgan fingerprint density at radius 2 is 1.92 bits per heavy atom. The van der Waals surface area contributed by atoms with Gasteiger partial charge in [-0.3, -0.25) is 4.79 Å². The van der Waals surface area contributed by atoms with Crippen LogP contribution in [0.5, 0.6) is 5.75 Å². The molecule has 2 rings (SSSR count). The zero-order valence-electron chi connectivity index (χ0n) is 6.54. The van der Waals surface area contributed by atoms with E-state index >= 15 is 0 Å². The van der Waals surface area contributed by atoms with Gasteiger partial charge in [-0.25, -0.2) is 4.39 Å². The minimum atomic E-state index is -0.741. The van der Waals surface area contributed by atoms with Crippen LogP contribution in [0.1, 0.15) is 0 Å². The monoisotopic (exact) mass is 179 g/mol. The number of nitrogens with one attached hydrogen (secondary N) is 1. The van der Waals surface area contributed by atoms with Gasteiger partial charge in [-0.05, 0) is 18.2 Å². The summed E-state index contributed by atoms with van der Waals surface area (Å²) in [4.78, 5) is 13.2. The molecule has 4 heteroatoms. The third kappa shape index (κ3) is 1.16. The maximum atomic E-state index is 12.8. The number of rotatable bonds is 0. The van der Waals surface area contributed by atoms with Crippen molar-refractivity contribution >= 4 is 10.9 Å². The summed E-state index contributed by atoms with van der Waals surface area (Å²) in [6.07, 6.45) is 0. The molecule has 1 aromatic carbocycles. The first-order valence-corrected chi connectivity index (χ1v) is 3.69. The third-order valence-corrected chi connectivity index (χ3v) is 1.82. The number of benzene rings is 1. The van der Waals surface area contributed by atoms with Crippen molar-refractivity contribution in [3.05, 3.63) is 40.4 Å². The summed E-state index contributed by atoms with van der Waals surface area (Å²) in [5.74, 6) is -1.26. The molecule has 0 amide bonds. The lowest BCUT2D eigenvalue weighted by Gasteiger charge is -2.00. The van der Waals surface area contributed by atoms with Gasteiger partial charge in [0.1, 0.15) is 0 Å². The van der Waals surface area contributed by atoms with Crippen molar-refractivity contribution in [2.45, 2.75) is 0 Å². The van der Waals surface area contributed by atoms with Gasteiger partial charge in [0.15, 0.2) is 11.6 Å². The van der Waals surface area contributed by atoms with Crippen molar-refractivity contribution in [2.24, 2.45) is 0 Å². The van der Waals surface area contributed by atoms with Gasteiger partial charge in [0.25, 0.3) is 0 Å². The first-order valence-electron chi connectivity index (χ1n) is 3.69. The van der Waals surface area contributed by atoms with Crippen LogP contribution in [0.3, 0.4) is 0 Å². The first kappa shape index (κ1) is 7.79. The van der Waals surface area contributed by atoms with E-state index in [0.717, 1.165) is 6.07 Å². The molecule has 0 aliphatic heterocycles. The molecule has 66 valence electrons. The van der Waals surface area contributed by atoms with Gasteiger partial charge in [0.05, 0.1) is 5.52 Å². The maximum absolute atomic E-state index is 12.8. The number of hydrogen-bond acceptors (Lipinski definition) is 2. The molecule has 0 fully saturated rings. The molecule has 0 aliphatic rings. The highest BCUT2D eigenvalue weighted by molar-refractivity contribution is 5.83. The van der Waals surface area contributed by atoms with Gasteiger partial charge in [-0.15, -0.1) is 0 Å². The molecule has 3 nitrogen and oxygen atoms in total. The number of hydrogen-bond donors (Lipinski definition) is 2. The van der Waals surface area contributed by atoms with Crippen LogP contribution in [0.15, 0.2) is 29.1 Å². The molecule has 1 heterocycles. The van der Waals surface area contributed by atoms with Crippen LogP contribution in [-0.4, -0.2) is 10.1 Å². The molecule has 13 heavy (non-hydrogen) atoms. The Bertz CT molecular complexity index is 518. The molecular weight excluding hydrogens is 173 g/mol. The van der Waals surface area contributed by atoms with Crippen molar-refractivity contribution in [3.8, 4) is 5.75 Å². The van der Waals surface area contributed by atoms with Crippen LogP contribution < -0.4 is 5.56 Å². The van der Waals surface area contributed by atoms with Gasteiger partial charge in [-0.2, -0.15) is 0 Å². The minimum Gasteiger partial charge on any atom is -0.503 e. The van der Waals surface area contributed by atoms with E-state index in [0.29, 0.717) is 5.39 Å². The topological polar surface area (TPSA) is 53.1 Å². The summed E-state index contributed by atoms with van der Waals surface area (Å²) < 4.78 is 12.8. The van der Waals surface area contributed by atoms with Crippen LogP contribution in [-0.2, 0) is 0 Å². The summed E-state index contributed by atoms with van der Waals surface area (Å²) in [5, 5.41) is 9.83. The molecular formula is C9H6FNO2. The summed E-state index contributed by atoms with van der Waals surface area (Å²) in [6, 6.07) is 5.48. The lowest BCUT2D eigenvalue weighted by molar-refractivity contribution is 0.437. The van der Waals surface area contributed by atoms with E-state index in [2.05, 4.69) is 4.98 Å². The zero-order chi connectivity index (χ0) is 9.42. The molecule has 2 aromatic rings. The van der Waals surface area contributed by atoms with Gasteiger partial charge in [0, 0.05) is 11.5 Å². The van der Waals surface area contributed by atoms with E-state index in [1.54, 1.807) is 0 Å². The molecule has 0 saturated carbocycles. The standard InChI is InChI=1S/C9H6FNO2/c10-6-3-1-5-2-4-7(12)11-8(5)9(6)13/h1-4,13H,(H,11,12). The number of phenolic OH excluding ortho intramolecular Hbond substituents is 1. The highest BCUT2D eigenvalue weighted by Gasteiger charge is 2.05. The molecule has 2 N–H and O–H groups in total. The predicted octanol–water partition coefficient (Wildman–Crippen LogP) is 1.37. The summed E-state index contributed by atoms with van der Waals surface area (Å²) in [6.45, 7) is 0.